The van der Waals surface area contributed by atoms with E-state index in [1.54, 1.807) is 25.3 Å². The van der Waals surface area contributed by atoms with Gasteiger partial charge in [-0.25, -0.2) is 4.98 Å². The summed E-state index contributed by atoms with van der Waals surface area (Å²) in [4.78, 5) is 9.41. The molecule has 2 N–H and O–H groups in total. The van der Waals surface area contributed by atoms with Gasteiger partial charge in [0.05, 0.1) is 41.5 Å². The summed E-state index contributed by atoms with van der Waals surface area (Å²) in [5.74, 6) is 0.919. The predicted octanol–water partition coefficient (Wildman–Crippen LogP) is 3.84. The molecule has 1 aliphatic rings. The number of ether oxygens (including phenoxy) is 1. The summed E-state index contributed by atoms with van der Waals surface area (Å²) in [5, 5.41) is 21.1. The van der Waals surface area contributed by atoms with Gasteiger partial charge in [-0.3, -0.25) is 4.98 Å². The van der Waals surface area contributed by atoms with Crippen LogP contribution in [0.25, 0.3) is 21.9 Å². The second-order valence-electron chi connectivity index (χ2n) is 7.49. The van der Waals surface area contributed by atoms with Gasteiger partial charge in [0.15, 0.2) is 0 Å². The van der Waals surface area contributed by atoms with Crippen molar-refractivity contribution in [3.05, 3.63) is 48.1 Å². The van der Waals surface area contributed by atoms with E-state index in [0.29, 0.717) is 17.8 Å². The zero-order valence-electron chi connectivity index (χ0n) is 16.6. The number of imidazole rings is 1. The minimum Gasteiger partial charge on any atom is -0.384 e. The lowest BCUT2D eigenvalue weighted by atomic mass is 10.0. The number of rotatable bonds is 5. The van der Waals surface area contributed by atoms with E-state index < -0.39 is 0 Å². The predicted molar refractivity (Wildman–Crippen MR) is 113 cm³/mol. The number of allylic oxidation sites excluding steroid dienone is 1. The lowest BCUT2D eigenvalue weighted by molar-refractivity contribution is 0.00622. The molecule has 1 unspecified atom stereocenters. The van der Waals surface area contributed by atoms with Crippen molar-refractivity contribution >= 4 is 27.6 Å². The molecule has 7 nitrogen and oxygen atoms in total. The Kier molecular flexibility index (Phi) is 5.28. The molecule has 4 rings (SSSR count). The van der Waals surface area contributed by atoms with Crippen LogP contribution in [0.1, 0.15) is 44.1 Å². The van der Waals surface area contributed by atoms with Crippen LogP contribution in [-0.4, -0.2) is 33.0 Å². The highest BCUT2D eigenvalue weighted by atomic mass is 16.5. The van der Waals surface area contributed by atoms with Gasteiger partial charge in [0, 0.05) is 23.7 Å². The summed E-state index contributed by atoms with van der Waals surface area (Å²) >= 11 is 0. The third-order valence-electron chi connectivity index (χ3n) is 5.25. The zero-order valence-corrected chi connectivity index (χ0v) is 16.6. The van der Waals surface area contributed by atoms with Gasteiger partial charge in [0.2, 0.25) is 0 Å². The third kappa shape index (κ3) is 3.84. The molecule has 1 saturated heterocycles. The van der Waals surface area contributed by atoms with Crippen LogP contribution in [0, 0.1) is 16.7 Å². The average Bonchev–Trinajstić information content (AvgIpc) is 3.09. The number of aromatic nitrogens is 3. The lowest BCUT2D eigenvalue weighted by Crippen LogP contribution is -2.27. The van der Waals surface area contributed by atoms with Crippen LogP contribution in [-0.2, 0) is 11.3 Å². The molecule has 148 valence electrons. The highest BCUT2D eigenvalue weighted by molar-refractivity contribution is 6.02. The first-order chi connectivity index (χ1) is 14.1. The van der Waals surface area contributed by atoms with Crippen molar-refractivity contribution in [3.8, 4) is 6.07 Å². The molecular weight excluding hydrogens is 364 g/mol. The van der Waals surface area contributed by atoms with E-state index in [4.69, 9.17) is 15.1 Å². The molecule has 2 atom stereocenters. The van der Waals surface area contributed by atoms with Crippen LogP contribution < -0.4 is 5.32 Å². The maximum Gasteiger partial charge on any atom is 0.129 e. The van der Waals surface area contributed by atoms with Crippen LogP contribution in [0.4, 0.5) is 0 Å². The molecule has 0 amide bonds. The number of nitrogens with one attached hydrogen (secondary N) is 2. The molecule has 3 heterocycles. The van der Waals surface area contributed by atoms with Gasteiger partial charge in [-0.05, 0) is 57.2 Å². The molecular formula is C22H24N6O. The fraction of sp³-hybridized carbons (Fsp3) is 0.364. The Morgan fingerprint density at radius 2 is 2.31 bits per heavy atom. The average molecular weight is 388 g/mol. The van der Waals surface area contributed by atoms with Gasteiger partial charge in [0.1, 0.15) is 11.3 Å². The van der Waals surface area contributed by atoms with E-state index in [1.165, 1.54) is 0 Å². The van der Waals surface area contributed by atoms with Gasteiger partial charge < -0.3 is 20.0 Å². The Balaban J connectivity index is 1.87. The topological polar surface area (TPSA) is 99.6 Å². The highest BCUT2D eigenvalue weighted by Crippen LogP contribution is 2.33. The summed E-state index contributed by atoms with van der Waals surface area (Å²) in [6, 6.07) is 8.09. The number of fused-ring (bicyclic) bond motifs is 3. The van der Waals surface area contributed by atoms with Crippen molar-refractivity contribution in [2.24, 2.45) is 0 Å². The van der Waals surface area contributed by atoms with E-state index in [1.807, 2.05) is 18.3 Å². The molecule has 0 radical (unpaired) electrons. The van der Waals surface area contributed by atoms with Crippen molar-refractivity contribution in [1.29, 1.82) is 10.7 Å². The molecule has 7 heteroatoms. The molecule has 0 bridgehead atoms. The fourth-order valence-electron chi connectivity index (χ4n) is 3.96. The van der Waals surface area contributed by atoms with Gasteiger partial charge in [-0.1, -0.05) is 0 Å². The number of hydrogen-bond acceptors (Lipinski definition) is 6. The normalized spacial score (nSPS) is 19.6. The second kappa shape index (κ2) is 8.02. The first kappa shape index (κ1) is 19.1. The molecule has 1 aliphatic heterocycles. The molecule has 29 heavy (non-hydrogen) atoms. The Morgan fingerprint density at radius 3 is 3.07 bits per heavy atom. The van der Waals surface area contributed by atoms with Crippen LogP contribution in [0.2, 0.25) is 0 Å². The monoisotopic (exact) mass is 388 g/mol. The summed E-state index contributed by atoms with van der Waals surface area (Å²) in [5.41, 5.74) is 3.81. The summed E-state index contributed by atoms with van der Waals surface area (Å²) in [6.07, 6.45) is 7.33. The van der Waals surface area contributed by atoms with E-state index in [0.717, 1.165) is 47.2 Å². The van der Waals surface area contributed by atoms with Crippen molar-refractivity contribution < 1.29 is 4.74 Å². The smallest absolute Gasteiger partial charge is 0.129 e. The van der Waals surface area contributed by atoms with Crippen LogP contribution in [0.5, 0.6) is 0 Å². The van der Waals surface area contributed by atoms with Gasteiger partial charge in [0.25, 0.3) is 0 Å². The SMILES string of the molecule is CC(=N)/C=C\NCc1nc2cnc3ccc(C#N)cc3c2n1C1CCO[C@H](C)C1. The molecule has 0 saturated carbocycles. The number of pyridine rings is 1. The maximum absolute atomic E-state index is 9.37. The van der Waals surface area contributed by atoms with E-state index in [2.05, 4.69) is 27.9 Å². The zero-order chi connectivity index (χ0) is 20.4. The molecule has 0 aliphatic carbocycles. The number of hydrogen-bond donors (Lipinski definition) is 2. The quantitative estimate of drug-likeness (QED) is 0.647. The summed E-state index contributed by atoms with van der Waals surface area (Å²) < 4.78 is 8.07. The van der Waals surface area contributed by atoms with Crippen molar-refractivity contribution in [2.45, 2.75) is 45.4 Å². The first-order valence-electron chi connectivity index (χ1n) is 9.83. The van der Waals surface area contributed by atoms with Gasteiger partial charge >= 0.3 is 0 Å². The Hall–Kier alpha value is -3.24. The fourth-order valence-corrected chi connectivity index (χ4v) is 3.96. The molecule has 2 aromatic heterocycles. The van der Waals surface area contributed by atoms with Crippen LogP contribution >= 0.6 is 0 Å². The maximum atomic E-state index is 9.37. The van der Waals surface area contributed by atoms with Crippen LogP contribution in [0.15, 0.2) is 36.7 Å². The molecule has 1 aromatic carbocycles. The van der Waals surface area contributed by atoms with Gasteiger partial charge in [-0.2, -0.15) is 5.26 Å². The summed E-state index contributed by atoms with van der Waals surface area (Å²) in [7, 11) is 0. The van der Waals surface area contributed by atoms with Crippen molar-refractivity contribution in [3.63, 3.8) is 0 Å². The Morgan fingerprint density at radius 1 is 1.45 bits per heavy atom. The Bertz CT molecular complexity index is 1140. The molecule has 1 fully saturated rings. The standard InChI is InChI=1S/C22H24N6O/c1-14(24)5-7-25-13-21-27-20-12-26-19-4-3-16(11-23)10-18(19)22(20)28(21)17-6-8-29-15(2)9-17/h3-5,7,10,12,15,17,24-25H,6,8-9,13H2,1-2H3/b7-5-,24-14?/t15-,17?/m1/s1. The minimum absolute atomic E-state index is 0.190. The van der Waals surface area contributed by atoms with E-state index in [-0.39, 0.29) is 12.1 Å². The Labute approximate surface area is 169 Å². The number of nitriles is 1. The molecule has 3 aromatic rings. The minimum atomic E-state index is 0.190. The molecule has 0 spiro atoms. The number of nitrogens with zero attached hydrogens (tertiary/aromatic N) is 4. The first-order valence-corrected chi connectivity index (χ1v) is 9.83. The second-order valence-corrected chi connectivity index (χ2v) is 7.49. The van der Waals surface area contributed by atoms with E-state index in [9.17, 15) is 5.26 Å². The summed E-state index contributed by atoms with van der Waals surface area (Å²) in [6.45, 7) is 5.11. The highest BCUT2D eigenvalue weighted by Gasteiger charge is 2.26. The van der Waals surface area contributed by atoms with E-state index >= 15 is 0 Å². The van der Waals surface area contributed by atoms with Crippen molar-refractivity contribution in [2.75, 3.05) is 6.61 Å². The number of benzene rings is 1. The third-order valence-corrected chi connectivity index (χ3v) is 5.25. The van der Waals surface area contributed by atoms with Crippen molar-refractivity contribution in [1.82, 2.24) is 19.9 Å². The lowest BCUT2D eigenvalue weighted by Gasteiger charge is -2.30. The van der Waals surface area contributed by atoms with Gasteiger partial charge in [-0.15, -0.1) is 0 Å². The largest absolute Gasteiger partial charge is 0.384 e. The van der Waals surface area contributed by atoms with Crippen LogP contribution in [0.3, 0.4) is 0 Å².